The van der Waals surface area contributed by atoms with Crippen molar-refractivity contribution in [2.24, 2.45) is 0 Å². The predicted molar refractivity (Wildman–Crippen MR) is 72.2 cm³/mol. The van der Waals surface area contributed by atoms with Gasteiger partial charge in [-0.05, 0) is 30.9 Å². The van der Waals surface area contributed by atoms with Crippen molar-refractivity contribution in [2.45, 2.75) is 26.2 Å². The van der Waals surface area contributed by atoms with E-state index in [1.807, 2.05) is 6.07 Å². The molecule has 0 spiro atoms. The normalized spacial score (nSPS) is 14.5. The number of rotatable bonds is 6. The maximum atomic E-state index is 11.4. The van der Waals surface area contributed by atoms with Gasteiger partial charge in [0, 0.05) is 18.8 Å². The van der Waals surface area contributed by atoms with E-state index in [0.717, 1.165) is 24.4 Å². The Balaban J connectivity index is 1.87. The molecule has 18 heavy (non-hydrogen) atoms. The number of hydrogen-bond donors (Lipinski definition) is 2. The van der Waals surface area contributed by atoms with Crippen molar-refractivity contribution in [1.29, 1.82) is 0 Å². The fourth-order valence-electron chi connectivity index (χ4n) is 2.12. The molecule has 2 rings (SSSR count). The fourth-order valence-corrected chi connectivity index (χ4v) is 3.08. The highest BCUT2D eigenvalue weighted by molar-refractivity contribution is 7.89. The molecule has 0 radical (unpaired) electrons. The summed E-state index contributed by atoms with van der Waals surface area (Å²) in [6, 6.07) is 4.00. The van der Waals surface area contributed by atoms with Crippen LogP contribution in [0.25, 0.3) is 0 Å². The smallest absolute Gasteiger partial charge is 0.213 e. The topological polar surface area (TPSA) is 71.1 Å². The molecule has 0 bridgehead atoms. The monoisotopic (exact) mass is 269 g/mol. The van der Waals surface area contributed by atoms with Crippen molar-refractivity contribution in [3.8, 4) is 0 Å². The molecule has 0 atom stereocenters. The number of anilines is 1. The third-order valence-corrected chi connectivity index (χ3v) is 4.44. The molecule has 0 unspecified atom stereocenters. The Morgan fingerprint density at radius 1 is 1.33 bits per heavy atom. The first-order chi connectivity index (χ1) is 8.61. The number of pyridine rings is 1. The molecular weight excluding hydrogens is 250 g/mol. The second-order valence-corrected chi connectivity index (χ2v) is 6.33. The third-order valence-electron chi connectivity index (χ3n) is 2.97. The molecule has 100 valence electrons. The van der Waals surface area contributed by atoms with Crippen LogP contribution in [0, 0.1) is 0 Å². The summed E-state index contributed by atoms with van der Waals surface area (Å²) in [5, 5.41) is 3.06. The number of sulfonamides is 1. The number of fused-ring (bicyclic) bond motifs is 1. The van der Waals surface area contributed by atoms with Crippen molar-refractivity contribution >= 4 is 15.8 Å². The van der Waals surface area contributed by atoms with Gasteiger partial charge in [0.05, 0.1) is 5.75 Å². The van der Waals surface area contributed by atoms with Crippen LogP contribution in [0.3, 0.4) is 0 Å². The van der Waals surface area contributed by atoms with E-state index in [4.69, 9.17) is 0 Å². The predicted octanol–water partition coefficient (Wildman–Crippen LogP) is 0.921. The minimum Gasteiger partial charge on any atom is -0.369 e. The van der Waals surface area contributed by atoms with Gasteiger partial charge < -0.3 is 5.32 Å². The quantitative estimate of drug-likeness (QED) is 0.805. The van der Waals surface area contributed by atoms with Crippen molar-refractivity contribution in [1.82, 2.24) is 9.71 Å². The van der Waals surface area contributed by atoms with Crippen LogP contribution in [0.1, 0.15) is 24.6 Å². The summed E-state index contributed by atoms with van der Waals surface area (Å²) in [6.07, 6.45) is 3.30. The van der Waals surface area contributed by atoms with Gasteiger partial charge in [0.25, 0.3) is 0 Å². The Kier molecular flexibility index (Phi) is 4.19. The Morgan fingerprint density at radius 3 is 2.94 bits per heavy atom. The number of nitrogens with zero attached hydrogens (tertiary/aromatic N) is 1. The second kappa shape index (κ2) is 5.67. The van der Waals surface area contributed by atoms with E-state index >= 15 is 0 Å². The van der Waals surface area contributed by atoms with Gasteiger partial charge in [-0.2, -0.15) is 0 Å². The van der Waals surface area contributed by atoms with E-state index in [1.54, 1.807) is 6.92 Å². The highest BCUT2D eigenvalue weighted by atomic mass is 32.2. The number of aromatic nitrogens is 1. The summed E-state index contributed by atoms with van der Waals surface area (Å²) in [5.41, 5.74) is 2.47. The molecular formula is C12H19N3O2S. The van der Waals surface area contributed by atoms with Crippen molar-refractivity contribution in [3.63, 3.8) is 0 Å². The molecule has 1 aliphatic carbocycles. The maximum absolute atomic E-state index is 11.4. The van der Waals surface area contributed by atoms with Gasteiger partial charge in [0.1, 0.15) is 5.82 Å². The van der Waals surface area contributed by atoms with E-state index < -0.39 is 10.0 Å². The van der Waals surface area contributed by atoms with Gasteiger partial charge in [0.2, 0.25) is 10.0 Å². The highest BCUT2D eigenvalue weighted by Crippen LogP contribution is 2.21. The minimum atomic E-state index is -3.15. The molecule has 0 aromatic carbocycles. The highest BCUT2D eigenvalue weighted by Gasteiger charge is 2.13. The molecule has 0 fully saturated rings. The van der Waals surface area contributed by atoms with Crippen LogP contribution < -0.4 is 10.0 Å². The molecule has 1 aromatic heterocycles. The number of nitrogens with one attached hydrogen (secondary N) is 2. The lowest BCUT2D eigenvalue weighted by Gasteiger charge is -2.08. The third kappa shape index (κ3) is 3.43. The van der Waals surface area contributed by atoms with Crippen molar-refractivity contribution in [2.75, 3.05) is 24.2 Å². The van der Waals surface area contributed by atoms with Gasteiger partial charge in [-0.3, -0.25) is 0 Å². The van der Waals surface area contributed by atoms with Crippen LogP contribution in [0.15, 0.2) is 12.1 Å². The lowest BCUT2D eigenvalue weighted by atomic mass is 10.2. The summed E-state index contributed by atoms with van der Waals surface area (Å²) < 4.78 is 25.3. The molecule has 0 aliphatic heterocycles. The Labute approximate surface area is 108 Å². The van der Waals surface area contributed by atoms with E-state index in [-0.39, 0.29) is 5.75 Å². The van der Waals surface area contributed by atoms with Crippen LogP contribution >= 0.6 is 0 Å². The summed E-state index contributed by atoms with van der Waals surface area (Å²) in [6.45, 7) is 2.58. The minimum absolute atomic E-state index is 0.0691. The first-order valence-electron chi connectivity index (χ1n) is 6.31. The molecule has 6 heteroatoms. The SMILES string of the molecule is CCNS(=O)(=O)CCNc1ccc2c(n1)CCC2. The van der Waals surface area contributed by atoms with Crippen LogP contribution in [0.2, 0.25) is 0 Å². The van der Waals surface area contributed by atoms with E-state index in [9.17, 15) is 8.42 Å². The zero-order valence-electron chi connectivity index (χ0n) is 10.6. The molecule has 2 N–H and O–H groups in total. The van der Waals surface area contributed by atoms with Gasteiger partial charge in [-0.1, -0.05) is 13.0 Å². The standard InChI is InChI=1S/C12H19N3O2S/c1-2-14-18(16,17)9-8-13-12-7-6-10-4-3-5-11(10)15-12/h6-7,14H,2-5,8-9H2,1H3,(H,13,15). The summed E-state index contributed by atoms with van der Waals surface area (Å²) >= 11 is 0. The lowest BCUT2D eigenvalue weighted by Crippen LogP contribution is -2.29. The average molecular weight is 269 g/mol. The molecule has 1 aliphatic rings. The van der Waals surface area contributed by atoms with Crippen LogP contribution in [-0.2, 0) is 22.9 Å². The van der Waals surface area contributed by atoms with Crippen LogP contribution in [0.5, 0.6) is 0 Å². The van der Waals surface area contributed by atoms with E-state index in [1.165, 1.54) is 12.0 Å². The summed E-state index contributed by atoms with van der Waals surface area (Å²) in [7, 11) is -3.15. The van der Waals surface area contributed by atoms with Gasteiger partial charge >= 0.3 is 0 Å². The van der Waals surface area contributed by atoms with Gasteiger partial charge in [0.15, 0.2) is 0 Å². The van der Waals surface area contributed by atoms with Crippen molar-refractivity contribution in [3.05, 3.63) is 23.4 Å². The largest absolute Gasteiger partial charge is 0.369 e. The van der Waals surface area contributed by atoms with Crippen molar-refractivity contribution < 1.29 is 8.42 Å². The average Bonchev–Trinajstić information content (AvgIpc) is 2.75. The van der Waals surface area contributed by atoms with Gasteiger partial charge in [-0.15, -0.1) is 0 Å². The molecule has 1 heterocycles. The van der Waals surface area contributed by atoms with Gasteiger partial charge in [-0.25, -0.2) is 18.1 Å². The molecule has 0 saturated carbocycles. The first-order valence-corrected chi connectivity index (χ1v) is 7.96. The maximum Gasteiger partial charge on any atom is 0.213 e. The number of hydrogen-bond acceptors (Lipinski definition) is 4. The summed E-state index contributed by atoms with van der Waals surface area (Å²) in [5.74, 6) is 0.835. The number of aryl methyl sites for hydroxylation is 2. The fraction of sp³-hybridized carbons (Fsp3) is 0.583. The first kappa shape index (κ1) is 13.3. The zero-order chi connectivity index (χ0) is 13.0. The second-order valence-electron chi connectivity index (χ2n) is 4.40. The van der Waals surface area contributed by atoms with E-state index in [0.29, 0.717) is 13.1 Å². The van der Waals surface area contributed by atoms with Crippen LogP contribution in [0.4, 0.5) is 5.82 Å². The molecule has 0 saturated heterocycles. The molecule has 0 amide bonds. The molecule has 1 aromatic rings. The zero-order valence-corrected chi connectivity index (χ0v) is 11.4. The summed E-state index contributed by atoms with van der Waals surface area (Å²) in [4.78, 5) is 4.49. The molecule has 5 nitrogen and oxygen atoms in total. The Bertz CT molecular complexity index is 514. The lowest BCUT2D eigenvalue weighted by molar-refractivity contribution is 0.584. The Hall–Kier alpha value is -1.14. The van der Waals surface area contributed by atoms with Crippen LogP contribution in [-0.4, -0.2) is 32.2 Å². The Morgan fingerprint density at radius 2 is 2.17 bits per heavy atom. The van der Waals surface area contributed by atoms with E-state index in [2.05, 4.69) is 21.1 Å².